The quantitative estimate of drug-likeness (QED) is 0.598. The van der Waals surface area contributed by atoms with Crippen LogP contribution in [-0.4, -0.2) is 25.1 Å². The van der Waals surface area contributed by atoms with Gasteiger partial charge < -0.3 is 10.6 Å². The summed E-state index contributed by atoms with van der Waals surface area (Å²) >= 11 is 0. The number of hydrogen-bond donors (Lipinski definition) is 2. The largest absolute Gasteiger partial charge is 0.356 e. The van der Waals surface area contributed by atoms with Crippen molar-refractivity contribution in [2.75, 3.05) is 13.6 Å². The number of fused-ring (bicyclic) bond motifs is 2. The van der Waals surface area contributed by atoms with E-state index in [1.807, 2.05) is 7.05 Å². The maximum atomic E-state index is 4.28. The molecule has 3 unspecified atom stereocenters. The smallest absolute Gasteiger partial charge is 0.191 e. The first-order chi connectivity index (χ1) is 8.48. The highest BCUT2D eigenvalue weighted by Gasteiger charge is 2.38. The summed E-state index contributed by atoms with van der Waals surface area (Å²) < 4.78 is 0. The summed E-state index contributed by atoms with van der Waals surface area (Å²) in [6.07, 6.45) is 7.30. The Hall–Kier alpha value is -0.730. The normalized spacial score (nSPS) is 31.8. The molecule has 2 fully saturated rings. The van der Waals surface area contributed by atoms with Gasteiger partial charge >= 0.3 is 0 Å². The molecule has 2 N–H and O–H groups in total. The van der Waals surface area contributed by atoms with E-state index >= 15 is 0 Å². The Balaban J connectivity index is 1.68. The number of nitrogens with one attached hydrogen (secondary N) is 2. The van der Waals surface area contributed by atoms with Gasteiger partial charge in [0.1, 0.15) is 0 Å². The second-order valence-corrected chi connectivity index (χ2v) is 7.10. The minimum Gasteiger partial charge on any atom is -0.356 e. The molecule has 0 amide bonds. The van der Waals surface area contributed by atoms with Crippen LogP contribution in [0.4, 0.5) is 0 Å². The highest BCUT2D eigenvalue weighted by Crippen LogP contribution is 2.49. The third-order valence-electron chi connectivity index (χ3n) is 4.41. The maximum absolute atomic E-state index is 4.28. The second kappa shape index (κ2) is 5.50. The van der Waals surface area contributed by atoms with Crippen LogP contribution in [0.5, 0.6) is 0 Å². The van der Waals surface area contributed by atoms with Crippen molar-refractivity contribution < 1.29 is 0 Å². The lowest BCUT2D eigenvalue weighted by molar-refractivity contribution is 0.314. The Morgan fingerprint density at radius 2 is 2.00 bits per heavy atom. The summed E-state index contributed by atoms with van der Waals surface area (Å²) in [7, 11) is 1.85. The van der Waals surface area contributed by atoms with Crippen molar-refractivity contribution in [3.8, 4) is 0 Å². The fraction of sp³-hybridized carbons (Fsp3) is 0.933. The molecule has 2 aliphatic carbocycles. The summed E-state index contributed by atoms with van der Waals surface area (Å²) in [5.74, 6) is 4.01. The summed E-state index contributed by atoms with van der Waals surface area (Å²) in [4.78, 5) is 4.28. The standard InChI is InChI=1S/C15H29N3/c1-15(2,3)18-14(16-4)17-8-7-13-10-11-5-6-12(13)9-11/h11-13H,5-10H2,1-4H3,(H2,16,17,18). The SMILES string of the molecule is CN=C(NCCC1CC2CCC1C2)NC(C)(C)C. The lowest BCUT2D eigenvalue weighted by atomic mass is 9.86. The highest BCUT2D eigenvalue weighted by atomic mass is 15.2. The Kier molecular flexibility index (Phi) is 4.18. The average Bonchev–Trinajstić information content (AvgIpc) is 2.87. The van der Waals surface area contributed by atoms with Crippen LogP contribution in [0.2, 0.25) is 0 Å². The lowest BCUT2D eigenvalue weighted by Gasteiger charge is -2.25. The number of hydrogen-bond acceptors (Lipinski definition) is 1. The molecule has 2 bridgehead atoms. The number of nitrogens with zero attached hydrogens (tertiary/aromatic N) is 1. The lowest BCUT2D eigenvalue weighted by Crippen LogP contribution is -2.48. The second-order valence-electron chi connectivity index (χ2n) is 7.10. The Morgan fingerprint density at radius 3 is 2.50 bits per heavy atom. The van der Waals surface area contributed by atoms with E-state index in [4.69, 9.17) is 0 Å². The zero-order valence-electron chi connectivity index (χ0n) is 12.4. The Morgan fingerprint density at radius 1 is 1.22 bits per heavy atom. The molecule has 0 radical (unpaired) electrons. The van der Waals surface area contributed by atoms with Gasteiger partial charge in [-0.15, -0.1) is 0 Å². The summed E-state index contributed by atoms with van der Waals surface area (Å²) in [5, 5.41) is 6.86. The molecule has 0 spiro atoms. The molecule has 0 saturated heterocycles. The molecule has 3 nitrogen and oxygen atoms in total. The van der Waals surface area contributed by atoms with Crippen molar-refractivity contribution in [3.05, 3.63) is 0 Å². The van der Waals surface area contributed by atoms with Gasteiger partial charge in [0, 0.05) is 19.1 Å². The van der Waals surface area contributed by atoms with E-state index < -0.39 is 0 Å². The van der Waals surface area contributed by atoms with E-state index in [2.05, 4.69) is 36.4 Å². The molecular weight excluding hydrogens is 222 g/mol. The van der Waals surface area contributed by atoms with Gasteiger partial charge in [-0.05, 0) is 64.2 Å². The topological polar surface area (TPSA) is 36.4 Å². The molecule has 0 aromatic rings. The first kappa shape index (κ1) is 13.7. The van der Waals surface area contributed by atoms with E-state index in [1.165, 1.54) is 32.1 Å². The van der Waals surface area contributed by atoms with Gasteiger partial charge in [0.2, 0.25) is 0 Å². The molecule has 18 heavy (non-hydrogen) atoms. The summed E-state index contributed by atoms with van der Waals surface area (Å²) in [6.45, 7) is 7.55. The van der Waals surface area contributed by atoms with Gasteiger partial charge in [-0.3, -0.25) is 4.99 Å². The minimum absolute atomic E-state index is 0.0776. The van der Waals surface area contributed by atoms with Gasteiger partial charge in [-0.2, -0.15) is 0 Å². The number of aliphatic imine (C=N–C) groups is 1. The zero-order valence-corrected chi connectivity index (χ0v) is 12.4. The van der Waals surface area contributed by atoms with Gasteiger partial charge in [0.05, 0.1) is 0 Å². The molecule has 3 heteroatoms. The van der Waals surface area contributed by atoms with Crippen LogP contribution in [0, 0.1) is 17.8 Å². The predicted octanol–water partition coefficient (Wildman–Crippen LogP) is 2.78. The molecule has 2 rings (SSSR count). The fourth-order valence-corrected chi connectivity index (χ4v) is 3.64. The monoisotopic (exact) mass is 251 g/mol. The van der Waals surface area contributed by atoms with E-state index in [0.29, 0.717) is 0 Å². The van der Waals surface area contributed by atoms with E-state index in [9.17, 15) is 0 Å². The number of guanidine groups is 1. The maximum Gasteiger partial charge on any atom is 0.191 e. The van der Waals surface area contributed by atoms with Crippen molar-refractivity contribution in [1.29, 1.82) is 0 Å². The Bertz CT molecular complexity index is 303. The molecule has 104 valence electrons. The van der Waals surface area contributed by atoms with Gasteiger partial charge in [0.25, 0.3) is 0 Å². The van der Waals surface area contributed by atoms with Gasteiger partial charge in [-0.1, -0.05) is 6.42 Å². The zero-order chi connectivity index (χ0) is 13.2. The molecule has 2 saturated carbocycles. The van der Waals surface area contributed by atoms with E-state index in [0.717, 1.165) is 30.3 Å². The highest BCUT2D eigenvalue weighted by molar-refractivity contribution is 5.80. The van der Waals surface area contributed by atoms with Gasteiger partial charge in [0.15, 0.2) is 5.96 Å². The van der Waals surface area contributed by atoms with Crippen LogP contribution in [0.1, 0.15) is 52.9 Å². The third-order valence-corrected chi connectivity index (χ3v) is 4.41. The molecule has 0 aromatic heterocycles. The van der Waals surface area contributed by atoms with E-state index in [1.54, 1.807) is 0 Å². The molecule has 2 aliphatic rings. The van der Waals surface area contributed by atoms with Crippen molar-refractivity contribution in [3.63, 3.8) is 0 Å². The van der Waals surface area contributed by atoms with Crippen molar-refractivity contribution in [2.45, 2.75) is 58.4 Å². The first-order valence-corrected chi connectivity index (χ1v) is 7.47. The molecule has 0 heterocycles. The van der Waals surface area contributed by atoms with Crippen LogP contribution in [0.15, 0.2) is 4.99 Å². The first-order valence-electron chi connectivity index (χ1n) is 7.47. The fourth-order valence-electron chi connectivity index (χ4n) is 3.64. The average molecular weight is 251 g/mol. The third kappa shape index (κ3) is 3.63. The van der Waals surface area contributed by atoms with Crippen molar-refractivity contribution in [2.24, 2.45) is 22.7 Å². The summed E-state index contributed by atoms with van der Waals surface area (Å²) in [6, 6.07) is 0. The van der Waals surface area contributed by atoms with Crippen molar-refractivity contribution in [1.82, 2.24) is 10.6 Å². The molecule has 3 atom stereocenters. The van der Waals surface area contributed by atoms with Crippen LogP contribution in [0.25, 0.3) is 0 Å². The van der Waals surface area contributed by atoms with Crippen LogP contribution >= 0.6 is 0 Å². The minimum atomic E-state index is 0.0776. The van der Waals surface area contributed by atoms with Crippen LogP contribution in [0.3, 0.4) is 0 Å². The van der Waals surface area contributed by atoms with Gasteiger partial charge in [-0.25, -0.2) is 0 Å². The molecule has 0 aliphatic heterocycles. The Labute approximate surface area is 112 Å². The van der Waals surface area contributed by atoms with Crippen molar-refractivity contribution >= 4 is 5.96 Å². The molecular formula is C15H29N3. The van der Waals surface area contributed by atoms with E-state index in [-0.39, 0.29) is 5.54 Å². The van der Waals surface area contributed by atoms with Crippen LogP contribution in [-0.2, 0) is 0 Å². The van der Waals surface area contributed by atoms with Crippen LogP contribution < -0.4 is 10.6 Å². The number of rotatable bonds is 3. The predicted molar refractivity (Wildman–Crippen MR) is 77.8 cm³/mol. The summed E-state index contributed by atoms with van der Waals surface area (Å²) in [5.41, 5.74) is 0.0776. The molecule has 0 aromatic carbocycles.